The van der Waals surface area contributed by atoms with E-state index in [2.05, 4.69) is 0 Å². The summed E-state index contributed by atoms with van der Waals surface area (Å²) in [4.78, 5) is 0. The average molecular weight is 244 g/mol. The SMILES string of the molecule is OC1(c2cc(-c3ccccc3)ccc2F)COC1. The number of benzene rings is 2. The van der Waals surface area contributed by atoms with Gasteiger partial charge in [0.25, 0.3) is 0 Å². The van der Waals surface area contributed by atoms with Crippen molar-refractivity contribution in [3.8, 4) is 11.1 Å². The predicted octanol–water partition coefficient (Wildman–Crippen LogP) is 2.71. The first kappa shape index (κ1) is 11.4. The van der Waals surface area contributed by atoms with Crippen LogP contribution in [0, 0.1) is 5.82 Å². The second kappa shape index (κ2) is 4.19. The molecule has 0 bridgehead atoms. The maximum Gasteiger partial charge on any atom is 0.139 e. The lowest BCUT2D eigenvalue weighted by Crippen LogP contribution is -2.47. The predicted molar refractivity (Wildman–Crippen MR) is 66.6 cm³/mol. The number of rotatable bonds is 2. The van der Waals surface area contributed by atoms with E-state index in [4.69, 9.17) is 4.74 Å². The van der Waals surface area contributed by atoms with Gasteiger partial charge >= 0.3 is 0 Å². The van der Waals surface area contributed by atoms with Gasteiger partial charge in [-0.05, 0) is 23.3 Å². The molecular formula is C15H13FO2. The van der Waals surface area contributed by atoms with Crippen LogP contribution in [0.2, 0.25) is 0 Å². The quantitative estimate of drug-likeness (QED) is 0.880. The highest BCUT2D eigenvalue weighted by molar-refractivity contribution is 5.64. The van der Waals surface area contributed by atoms with Gasteiger partial charge in [-0.3, -0.25) is 0 Å². The Morgan fingerprint density at radius 3 is 2.33 bits per heavy atom. The lowest BCUT2D eigenvalue weighted by Gasteiger charge is -2.37. The first-order chi connectivity index (χ1) is 8.69. The van der Waals surface area contributed by atoms with Crippen LogP contribution in [-0.4, -0.2) is 18.3 Å². The maximum absolute atomic E-state index is 13.8. The third kappa shape index (κ3) is 1.82. The Bertz CT molecular complexity index is 562. The van der Waals surface area contributed by atoms with E-state index in [-0.39, 0.29) is 19.0 Å². The van der Waals surface area contributed by atoms with Crippen molar-refractivity contribution in [2.75, 3.05) is 13.2 Å². The van der Waals surface area contributed by atoms with E-state index >= 15 is 0 Å². The fraction of sp³-hybridized carbons (Fsp3) is 0.200. The summed E-state index contributed by atoms with van der Waals surface area (Å²) in [5, 5.41) is 10.2. The second-order valence-electron chi connectivity index (χ2n) is 4.59. The molecular weight excluding hydrogens is 231 g/mol. The van der Waals surface area contributed by atoms with E-state index in [9.17, 15) is 9.50 Å². The Balaban J connectivity index is 2.06. The zero-order valence-corrected chi connectivity index (χ0v) is 9.77. The third-order valence-corrected chi connectivity index (χ3v) is 3.26. The zero-order chi connectivity index (χ0) is 12.6. The van der Waals surface area contributed by atoms with Crippen molar-refractivity contribution in [3.63, 3.8) is 0 Å². The molecule has 3 rings (SSSR count). The molecule has 1 aliphatic rings. The number of hydrogen-bond acceptors (Lipinski definition) is 2. The van der Waals surface area contributed by atoms with Crippen LogP contribution in [-0.2, 0) is 10.3 Å². The average Bonchev–Trinajstić information content (AvgIpc) is 2.38. The molecule has 2 nitrogen and oxygen atoms in total. The minimum Gasteiger partial charge on any atom is -0.380 e. The Morgan fingerprint density at radius 2 is 1.72 bits per heavy atom. The van der Waals surface area contributed by atoms with Crippen LogP contribution in [0.15, 0.2) is 48.5 Å². The fourth-order valence-electron chi connectivity index (χ4n) is 2.14. The summed E-state index contributed by atoms with van der Waals surface area (Å²) in [5.41, 5.74) is 1.04. The minimum absolute atomic E-state index is 0.155. The summed E-state index contributed by atoms with van der Waals surface area (Å²) in [6, 6.07) is 14.5. The highest BCUT2D eigenvalue weighted by Crippen LogP contribution is 2.33. The molecule has 1 aliphatic heterocycles. The second-order valence-corrected chi connectivity index (χ2v) is 4.59. The lowest BCUT2D eigenvalue weighted by atomic mass is 9.89. The molecule has 1 N–H and O–H groups in total. The monoisotopic (exact) mass is 244 g/mol. The van der Waals surface area contributed by atoms with E-state index in [0.29, 0.717) is 5.56 Å². The van der Waals surface area contributed by atoms with E-state index in [1.807, 2.05) is 30.3 Å². The Hall–Kier alpha value is -1.71. The first-order valence-electron chi connectivity index (χ1n) is 5.85. The van der Waals surface area contributed by atoms with Gasteiger partial charge in [0.15, 0.2) is 0 Å². The standard InChI is InChI=1S/C15H13FO2/c16-14-7-6-12(11-4-2-1-3-5-11)8-13(14)15(17)9-18-10-15/h1-8,17H,9-10H2. The van der Waals surface area contributed by atoms with Crippen LogP contribution in [0.4, 0.5) is 4.39 Å². The Labute approximate surface area is 105 Å². The van der Waals surface area contributed by atoms with Gasteiger partial charge in [0.1, 0.15) is 11.4 Å². The van der Waals surface area contributed by atoms with Gasteiger partial charge < -0.3 is 9.84 Å². The van der Waals surface area contributed by atoms with Crippen LogP contribution < -0.4 is 0 Å². The molecule has 0 aromatic heterocycles. The van der Waals surface area contributed by atoms with Gasteiger partial charge in [-0.2, -0.15) is 0 Å². The molecule has 0 unspecified atom stereocenters. The molecule has 0 atom stereocenters. The zero-order valence-electron chi connectivity index (χ0n) is 9.77. The molecule has 1 fully saturated rings. The molecule has 0 spiro atoms. The molecule has 1 saturated heterocycles. The lowest BCUT2D eigenvalue weighted by molar-refractivity contribution is -0.186. The van der Waals surface area contributed by atoms with E-state index in [1.165, 1.54) is 6.07 Å². The van der Waals surface area contributed by atoms with Crippen molar-refractivity contribution in [1.29, 1.82) is 0 Å². The highest BCUT2D eigenvalue weighted by Gasteiger charge is 2.40. The van der Waals surface area contributed by atoms with Gasteiger partial charge in [0, 0.05) is 5.56 Å². The van der Waals surface area contributed by atoms with E-state index in [1.54, 1.807) is 12.1 Å². The Kier molecular flexibility index (Phi) is 2.65. The first-order valence-corrected chi connectivity index (χ1v) is 5.85. The van der Waals surface area contributed by atoms with E-state index < -0.39 is 5.60 Å². The van der Waals surface area contributed by atoms with Crippen LogP contribution in [0.1, 0.15) is 5.56 Å². The summed E-state index contributed by atoms with van der Waals surface area (Å²) in [6.45, 7) is 0.310. The van der Waals surface area contributed by atoms with Crippen molar-refractivity contribution >= 4 is 0 Å². The van der Waals surface area contributed by atoms with Gasteiger partial charge in [0.05, 0.1) is 13.2 Å². The van der Waals surface area contributed by atoms with Crippen LogP contribution in [0.3, 0.4) is 0 Å². The van der Waals surface area contributed by atoms with Crippen LogP contribution in [0.25, 0.3) is 11.1 Å². The van der Waals surface area contributed by atoms with Gasteiger partial charge in [-0.25, -0.2) is 4.39 Å². The van der Waals surface area contributed by atoms with Gasteiger partial charge in [-0.1, -0.05) is 36.4 Å². The molecule has 0 aliphatic carbocycles. The molecule has 92 valence electrons. The van der Waals surface area contributed by atoms with Crippen LogP contribution in [0.5, 0.6) is 0 Å². The number of hydrogen-bond donors (Lipinski definition) is 1. The summed E-state index contributed by atoms with van der Waals surface area (Å²) < 4.78 is 18.8. The fourth-order valence-corrected chi connectivity index (χ4v) is 2.14. The molecule has 2 aromatic carbocycles. The molecule has 0 saturated carbocycles. The van der Waals surface area contributed by atoms with Crippen molar-refractivity contribution in [2.24, 2.45) is 0 Å². The summed E-state index contributed by atoms with van der Waals surface area (Å²) in [5.74, 6) is -0.388. The number of ether oxygens (including phenoxy) is 1. The molecule has 3 heteroatoms. The number of aliphatic hydroxyl groups is 1. The minimum atomic E-state index is -1.17. The maximum atomic E-state index is 13.8. The molecule has 0 amide bonds. The van der Waals surface area contributed by atoms with E-state index in [0.717, 1.165) is 11.1 Å². The Morgan fingerprint density at radius 1 is 1.00 bits per heavy atom. The topological polar surface area (TPSA) is 29.5 Å². The van der Waals surface area contributed by atoms with Crippen molar-refractivity contribution in [1.82, 2.24) is 0 Å². The van der Waals surface area contributed by atoms with Crippen molar-refractivity contribution in [2.45, 2.75) is 5.60 Å². The van der Waals surface area contributed by atoms with Gasteiger partial charge in [0.2, 0.25) is 0 Å². The van der Waals surface area contributed by atoms with Crippen molar-refractivity contribution in [3.05, 3.63) is 59.9 Å². The smallest absolute Gasteiger partial charge is 0.139 e. The summed E-state index contributed by atoms with van der Waals surface area (Å²) in [7, 11) is 0. The van der Waals surface area contributed by atoms with Crippen LogP contribution >= 0.6 is 0 Å². The highest BCUT2D eigenvalue weighted by atomic mass is 19.1. The third-order valence-electron chi connectivity index (χ3n) is 3.26. The summed E-state index contributed by atoms with van der Waals surface area (Å²) >= 11 is 0. The van der Waals surface area contributed by atoms with Crippen molar-refractivity contribution < 1.29 is 14.2 Å². The number of halogens is 1. The molecule has 0 radical (unpaired) electrons. The molecule has 18 heavy (non-hydrogen) atoms. The summed E-state index contributed by atoms with van der Waals surface area (Å²) in [6.07, 6.45) is 0. The molecule has 2 aromatic rings. The largest absolute Gasteiger partial charge is 0.380 e. The normalized spacial score (nSPS) is 17.2. The van der Waals surface area contributed by atoms with Gasteiger partial charge in [-0.15, -0.1) is 0 Å². The molecule has 1 heterocycles.